The van der Waals surface area contributed by atoms with Crippen LogP contribution in [-0.4, -0.2) is 36.0 Å². The molecular formula is C26H24N6OS. The summed E-state index contributed by atoms with van der Waals surface area (Å²) in [6, 6.07) is 23.9. The average Bonchev–Trinajstić information content (AvgIpc) is 3.47. The normalized spacial score (nSPS) is 11.1. The molecule has 3 aromatic carbocycles. The lowest BCUT2D eigenvalue weighted by Crippen LogP contribution is -2.14. The first-order valence-electron chi connectivity index (χ1n) is 11.1. The molecule has 0 fully saturated rings. The number of amides is 1. The molecule has 7 nitrogen and oxygen atoms in total. The largest absolute Gasteiger partial charge is 0.325 e. The molecule has 5 rings (SSSR count). The van der Waals surface area contributed by atoms with Crippen molar-refractivity contribution in [2.45, 2.75) is 25.5 Å². The van der Waals surface area contributed by atoms with Crippen molar-refractivity contribution < 1.29 is 4.79 Å². The highest BCUT2D eigenvalue weighted by Crippen LogP contribution is 2.26. The lowest BCUT2D eigenvalue weighted by Gasteiger charge is -2.10. The summed E-state index contributed by atoms with van der Waals surface area (Å²) in [5.74, 6) is 0.986. The van der Waals surface area contributed by atoms with Crippen LogP contribution in [-0.2, 0) is 11.3 Å². The van der Waals surface area contributed by atoms with Gasteiger partial charge in [0.25, 0.3) is 0 Å². The number of nitrogens with one attached hydrogen (secondary N) is 1. The molecular weight excluding hydrogens is 444 g/mol. The van der Waals surface area contributed by atoms with E-state index in [0.29, 0.717) is 0 Å². The Morgan fingerprint density at radius 3 is 2.53 bits per heavy atom. The van der Waals surface area contributed by atoms with Gasteiger partial charge in [-0.05, 0) is 55.8 Å². The second-order valence-electron chi connectivity index (χ2n) is 7.85. The third-order valence-corrected chi connectivity index (χ3v) is 6.60. The number of benzene rings is 3. The lowest BCUT2D eigenvalue weighted by atomic mass is 10.1. The number of carbonyl (C=O) groups excluding carboxylic acids is 1. The van der Waals surface area contributed by atoms with Crippen LogP contribution in [0.15, 0.2) is 84.3 Å². The summed E-state index contributed by atoms with van der Waals surface area (Å²) in [5.41, 5.74) is 5.92. The van der Waals surface area contributed by atoms with Crippen LogP contribution in [0.1, 0.15) is 12.5 Å². The van der Waals surface area contributed by atoms with Gasteiger partial charge in [0.1, 0.15) is 6.33 Å². The quantitative estimate of drug-likeness (QED) is 0.326. The molecule has 0 unspecified atom stereocenters. The number of hydrogen-bond donors (Lipinski definition) is 1. The maximum Gasteiger partial charge on any atom is 0.234 e. The van der Waals surface area contributed by atoms with Gasteiger partial charge >= 0.3 is 0 Å². The molecule has 0 radical (unpaired) electrons. The summed E-state index contributed by atoms with van der Waals surface area (Å²) >= 11 is 1.39. The monoisotopic (exact) mass is 468 g/mol. The van der Waals surface area contributed by atoms with Gasteiger partial charge < -0.3 is 9.88 Å². The molecule has 0 aliphatic carbocycles. The predicted octanol–water partition coefficient (Wildman–Crippen LogP) is 5.34. The smallest absolute Gasteiger partial charge is 0.234 e. The molecule has 0 aliphatic heterocycles. The highest BCUT2D eigenvalue weighted by Gasteiger charge is 2.16. The molecule has 170 valence electrons. The van der Waals surface area contributed by atoms with Gasteiger partial charge in [-0.25, -0.2) is 4.98 Å². The van der Waals surface area contributed by atoms with E-state index in [0.717, 1.165) is 51.1 Å². The average molecular weight is 469 g/mol. The van der Waals surface area contributed by atoms with Crippen LogP contribution in [0.4, 0.5) is 5.69 Å². The van der Waals surface area contributed by atoms with Crippen LogP contribution in [0.2, 0.25) is 0 Å². The van der Waals surface area contributed by atoms with Gasteiger partial charge in [0, 0.05) is 23.5 Å². The van der Waals surface area contributed by atoms with Crippen LogP contribution in [0.5, 0.6) is 0 Å². The van der Waals surface area contributed by atoms with E-state index in [4.69, 9.17) is 0 Å². The number of aromatic nitrogens is 5. The van der Waals surface area contributed by atoms with Crippen molar-refractivity contribution in [3.8, 4) is 17.1 Å². The van der Waals surface area contributed by atoms with E-state index in [1.807, 2.05) is 82.2 Å². The summed E-state index contributed by atoms with van der Waals surface area (Å²) < 4.78 is 4.07. The van der Waals surface area contributed by atoms with Crippen molar-refractivity contribution in [1.29, 1.82) is 0 Å². The molecule has 2 aromatic heterocycles. The zero-order valence-electron chi connectivity index (χ0n) is 19.0. The second-order valence-corrected chi connectivity index (χ2v) is 8.79. The van der Waals surface area contributed by atoms with Gasteiger partial charge in [0.05, 0.1) is 16.8 Å². The van der Waals surface area contributed by atoms with Crippen molar-refractivity contribution in [1.82, 2.24) is 24.3 Å². The Bertz CT molecular complexity index is 1450. The minimum atomic E-state index is -0.0890. The molecule has 1 amide bonds. The van der Waals surface area contributed by atoms with Crippen LogP contribution >= 0.6 is 11.8 Å². The third kappa shape index (κ3) is 4.32. The number of carbonyl (C=O) groups is 1. The van der Waals surface area contributed by atoms with E-state index in [2.05, 4.69) is 40.4 Å². The molecule has 8 heteroatoms. The van der Waals surface area contributed by atoms with Crippen LogP contribution in [0, 0.1) is 6.92 Å². The summed E-state index contributed by atoms with van der Waals surface area (Å²) in [5, 5.41) is 12.4. The lowest BCUT2D eigenvalue weighted by molar-refractivity contribution is -0.113. The first kappa shape index (κ1) is 21.9. The molecule has 5 aromatic rings. The van der Waals surface area contributed by atoms with E-state index in [-0.39, 0.29) is 11.7 Å². The first-order chi connectivity index (χ1) is 16.6. The molecule has 0 atom stereocenters. The Labute approximate surface area is 201 Å². The van der Waals surface area contributed by atoms with Crippen LogP contribution in [0.25, 0.3) is 28.1 Å². The Kier molecular flexibility index (Phi) is 6.14. The maximum atomic E-state index is 12.6. The van der Waals surface area contributed by atoms with Gasteiger partial charge in [-0.2, -0.15) is 0 Å². The SMILES string of the molecule is CCn1c(SCC(=O)Nc2ccc(-n3cnc4ccccc43)cc2)nnc1-c1ccccc1C. The maximum absolute atomic E-state index is 12.6. The number of aryl methyl sites for hydroxylation is 1. The summed E-state index contributed by atoms with van der Waals surface area (Å²) in [6.45, 7) is 4.84. The standard InChI is InChI=1S/C26H24N6OS/c1-3-31-25(21-9-5-4-8-18(21)2)29-30-26(31)34-16-24(33)28-19-12-14-20(15-13-19)32-17-27-22-10-6-7-11-23(22)32/h4-15,17H,3,16H2,1-2H3,(H,28,33). The first-order valence-corrected chi connectivity index (χ1v) is 12.1. The zero-order valence-corrected chi connectivity index (χ0v) is 19.8. The van der Waals surface area contributed by atoms with E-state index in [9.17, 15) is 4.79 Å². The van der Waals surface area contributed by atoms with E-state index < -0.39 is 0 Å². The predicted molar refractivity (Wildman–Crippen MR) is 136 cm³/mol. The summed E-state index contributed by atoms with van der Waals surface area (Å²) in [4.78, 5) is 17.0. The number of para-hydroxylation sites is 2. The number of thioether (sulfide) groups is 1. The molecule has 34 heavy (non-hydrogen) atoms. The van der Waals surface area contributed by atoms with Gasteiger partial charge in [-0.1, -0.05) is 48.2 Å². The van der Waals surface area contributed by atoms with Crippen molar-refractivity contribution in [3.05, 3.63) is 84.7 Å². The molecule has 0 aliphatic rings. The number of hydrogen-bond acceptors (Lipinski definition) is 5. The van der Waals surface area contributed by atoms with Gasteiger partial charge in [-0.15, -0.1) is 10.2 Å². The van der Waals surface area contributed by atoms with Gasteiger partial charge in [0.2, 0.25) is 5.91 Å². The topological polar surface area (TPSA) is 77.6 Å². The molecule has 0 bridgehead atoms. The van der Waals surface area contributed by atoms with E-state index >= 15 is 0 Å². The van der Waals surface area contributed by atoms with Crippen molar-refractivity contribution in [2.24, 2.45) is 0 Å². The summed E-state index contributed by atoms with van der Waals surface area (Å²) in [6.07, 6.45) is 1.81. The highest BCUT2D eigenvalue weighted by atomic mass is 32.2. The highest BCUT2D eigenvalue weighted by molar-refractivity contribution is 7.99. The number of anilines is 1. The van der Waals surface area contributed by atoms with E-state index in [1.54, 1.807) is 0 Å². The zero-order chi connectivity index (χ0) is 23.5. The van der Waals surface area contributed by atoms with Gasteiger partial charge in [0.15, 0.2) is 11.0 Å². The number of fused-ring (bicyclic) bond motifs is 1. The van der Waals surface area contributed by atoms with Crippen LogP contribution < -0.4 is 5.32 Å². The Hall–Kier alpha value is -3.91. The Morgan fingerprint density at radius 1 is 0.971 bits per heavy atom. The van der Waals surface area contributed by atoms with Crippen LogP contribution in [0.3, 0.4) is 0 Å². The van der Waals surface area contributed by atoms with Crippen molar-refractivity contribution in [2.75, 3.05) is 11.1 Å². The fourth-order valence-corrected chi connectivity index (χ4v) is 4.70. The van der Waals surface area contributed by atoms with Crippen molar-refractivity contribution >= 4 is 34.4 Å². The fourth-order valence-electron chi connectivity index (χ4n) is 3.90. The molecule has 0 saturated carbocycles. The number of rotatable bonds is 7. The molecule has 0 saturated heterocycles. The van der Waals surface area contributed by atoms with E-state index in [1.165, 1.54) is 11.8 Å². The minimum Gasteiger partial charge on any atom is -0.325 e. The Morgan fingerprint density at radius 2 is 1.74 bits per heavy atom. The van der Waals surface area contributed by atoms with Crippen molar-refractivity contribution in [3.63, 3.8) is 0 Å². The Balaban J connectivity index is 1.24. The van der Waals surface area contributed by atoms with Gasteiger partial charge in [-0.3, -0.25) is 9.36 Å². The molecule has 1 N–H and O–H groups in total. The summed E-state index contributed by atoms with van der Waals surface area (Å²) in [7, 11) is 0. The minimum absolute atomic E-state index is 0.0890. The molecule has 0 spiro atoms. The molecule has 2 heterocycles. The third-order valence-electron chi connectivity index (χ3n) is 5.63. The number of imidazole rings is 1. The fraction of sp³-hybridized carbons (Fsp3) is 0.154. The second kappa shape index (κ2) is 9.52. The number of nitrogens with zero attached hydrogens (tertiary/aromatic N) is 5.